The van der Waals surface area contributed by atoms with Gasteiger partial charge in [-0.15, -0.1) is 0 Å². The van der Waals surface area contributed by atoms with E-state index in [0.717, 1.165) is 35.7 Å². The number of fused-ring (bicyclic) bond motifs is 2. The Hall–Kier alpha value is -4.04. The molecule has 4 heterocycles. The monoisotopic (exact) mass is 572 g/mol. The minimum atomic E-state index is -0.342. The molecule has 0 spiro atoms. The molecule has 0 saturated carbocycles. The first-order valence-corrected chi connectivity index (χ1v) is 14.7. The lowest BCUT2D eigenvalue weighted by Gasteiger charge is -2.45. The summed E-state index contributed by atoms with van der Waals surface area (Å²) < 4.78 is 14.3. The number of aryl methyl sites for hydroxylation is 1. The first-order chi connectivity index (χ1) is 20.3. The van der Waals surface area contributed by atoms with Crippen molar-refractivity contribution in [2.45, 2.75) is 56.7 Å². The summed E-state index contributed by atoms with van der Waals surface area (Å²) in [6, 6.07) is 7.01. The molecule has 2 saturated heterocycles. The van der Waals surface area contributed by atoms with E-state index in [9.17, 15) is 19.2 Å². The molecular formula is C31H37FN8O2. The number of piperazine rings is 1. The molecule has 11 heteroatoms. The fourth-order valence-electron chi connectivity index (χ4n) is 6.74. The van der Waals surface area contributed by atoms with Gasteiger partial charge in [0.25, 0.3) is 0 Å². The highest BCUT2D eigenvalue weighted by atomic mass is 19.1. The summed E-state index contributed by atoms with van der Waals surface area (Å²) in [7, 11) is 4.14. The highest BCUT2D eigenvalue weighted by Gasteiger charge is 2.38. The highest BCUT2D eigenvalue weighted by Crippen LogP contribution is 2.38. The van der Waals surface area contributed by atoms with Crippen molar-refractivity contribution < 1.29 is 14.0 Å². The van der Waals surface area contributed by atoms with Gasteiger partial charge in [0.05, 0.1) is 29.9 Å². The van der Waals surface area contributed by atoms with Gasteiger partial charge in [-0.3, -0.25) is 9.59 Å². The molecule has 0 bridgehead atoms. The van der Waals surface area contributed by atoms with Crippen LogP contribution in [-0.2, 0) is 28.9 Å². The summed E-state index contributed by atoms with van der Waals surface area (Å²) >= 11 is 0. The molecule has 42 heavy (non-hydrogen) atoms. The van der Waals surface area contributed by atoms with Crippen LogP contribution in [0.4, 0.5) is 21.8 Å². The van der Waals surface area contributed by atoms with Crippen molar-refractivity contribution in [2.75, 3.05) is 61.5 Å². The predicted molar refractivity (Wildman–Crippen MR) is 158 cm³/mol. The molecule has 220 valence electrons. The molecule has 0 N–H and O–H groups in total. The Kier molecular flexibility index (Phi) is 7.58. The van der Waals surface area contributed by atoms with Crippen molar-refractivity contribution in [3.63, 3.8) is 0 Å². The lowest BCUT2D eigenvalue weighted by molar-refractivity contribution is -0.128. The second-order valence-corrected chi connectivity index (χ2v) is 11.9. The Morgan fingerprint density at radius 3 is 2.71 bits per heavy atom. The third-order valence-electron chi connectivity index (χ3n) is 9.21. The lowest BCUT2D eigenvalue weighted by Crippen LogP contribution is -2.58. The van der Waals surface area contributed by atoms with Gasteiger partial charge >= 0.3 is 0 Å². The summed E-state index contributed by atoms with van der Waals surface area (Å²) in [5.74, 6) is 1.04. The van der Waals surface area contributed by atoms with E-state index in [1.54, 1.807) is 15.9 Å². The molecule has 1 aliphatic carbocycles. The number of amides is 2. The summed E-state index contributed by atoms with van der Waals surface area (Å²) in [4.78, 5) is 46.0. The Bertz CT molecular complexity index is 1450. The topological polar surface area (TPSA) is 99.9 Å². The zero-order valence-corrected chi connectivity index (χ0v) is 24.3. The summed E-state index contributed by atoms with van der Waals surface area (Å²) in [5.41, 5.74) is 3.64. The Morgan fingerprint density at radius 2 is 1.98 bits per heavy atom. The van der Waals surface area contributed by atoms with Crippen LogP contribution < -0.4 is 14.7 Å². The Labute approximate surface area is 246 Å². The molecule has 0 radical (unpaired) electrons. The molecule has 3 aliphatic heterocycles. The van der Waals surface area contributed by atoms with Gasteiger partial charge in [-0.2, -0.15) is 10.2 Å². The average Bonchev–Trinajstić information content (AvgIpc) is 2.95. The average molecular weight is 573 g/mol. The summed E-state index contributed by atoms with van der Waals surface area (Å²) in [5, 5.41) is 9.50. The number of likely N-dealkylation sites (N-methyl/N-ethyl adjacent to an activating group) is 1. The van der Waals surface area contributed by atoms with E-state index in [1.165, 1.54) is 18.2 Å². The van der Waals surface area contributed by atoms with Crippen molar-refractivity contribution in [3.8, 4) is 6.07 Å². The number of nitrogens with zero attached hydrogens (tertiary/aromatic N) is 8. The maximum atomic E-state index is 14.3. The zero-order chi connectivity index (χ0) is 29.5. The van der Waals surface area contributed by atoms with E-state index in [-0.39, 0.29) is 36.1 Å². The molecule has 10 nitrogen and oxygen atoms in total. The van der Waals surface area contributed by atoms with Crippen LogP contribution in [0.25, 0.3) is 0 Å². The van der Waals surface area contributed by atoms with Crippen LogP contribution in [-0.4, -0.2) is 96.5 Å². The molecular weight excluding hydrogens is 535 g/mol. The highest BCUT2D eigenvalue weighted by molar-refractivity contribution is 5.97. The fourth-order valence-corrected chi connectivity index (χ4v) is 6.74. The van der Waals surface area contributed by atoms with E-state index in [0.29, 0.717) is 69.4 Å². The van der Waals surface area contributed by atoms with E-state index >= 15 is 0 Å². The van der Waals surface area contributed by atoms with Crippen molar-refractivity contribution in [2.24, 2.45) is 0 Å². The molecule has 6 rings (SSSR count). The number of anilines is 3. The minimum Gasteiger partial charge on any atom is -0.352 e. The number of hydrogen-bond acceptors (Lipinski definition) is 8. The van der Waals surface area contributed by atoms with Gasteiger partial charge in [-0.05, 0) is 57.1 Å². The molecule has 4 aliphatic rings. The van der Waals surface area contributed by atoms with E-state index in [1.807, 2.05) is 0 Å². The second-order valence-electron chi connectivity index (χ2n) is 11.9. The number of halogens is 1. The number of hydrogen-bond donors (Lipinski definition) is 0. The van der Waals surface area contributed by atoms with Crippen LogP contribution in [0.15, 0.2) is 30.9 Å². The van der Waals surface area contributed by atoms with Crippen LogP contribution in [0.2, 0.25) is 0 Å². The zero-order valence-electron chi connectivity index (χ0n) is 24.3. The Balaban J connectivity index is 1.34. The van der Waals surface area contributed by atoms with Crippen LogP contribution in [0.1, 0.15) is 36.1 Å². The Morgan fingerprint density at radius 1 is 1.17 bits per heavy atom. The minimum absolute atomic E-state index is 0.0231. The quantitative estimate of drug-likeness (QED) is 0.487. The van der Waals surface area contributed by atoms with Gasteiger partial charge < -0.3 is 24.5 Å². The smallest absolute Gasteiger partial charge is 0.246 e. The molecule has 2 amide bonds. The first kappa shape index (κ1) is 28.1. The van der Waals surface area contributed by atoms with Gasteiger partial charge in [-0.1, -0.05) is 12.6 Å². The second kappa shape index (κ2) is 11.3. The maximum absolute atomic E-state index is 14.3. The number of benzene rings is 1. The molecule has 1 aromatic heterocycles. The molecule has 2 fully saturated rings. The third kappa shape index (κ3) is 5.09. The van der Waals surface area contributed by atoms with Gasteiger partial charge in [0, 0.05) is 63.2 Å². The van der Waals surface area contributed by atoms with Crippen LogP contribution in [0.5, 0.6) is 0 Å². The SMILES string of the molecule is C=CC(=O)N1CCN(c2nc(N3CC(N(C)C)C3)nc3c2CC[C@H](N2C(=O)CCc4ccc(F)cc42)C3)C[C@@H]1CC#N. The summed E-state index contributed by atoms with van der Waals surface area (Å²) in [6.45, 7) is 6.85. The number of aromatic nitrogens is 2. The normalized spacial score (nSPS) is 22.4. The van der Waals surface area contributed by atoms with Crippen LogP contribution in [0, 0.1) is 17.1 Å². The van der Waals surface area contributed by atoms with Crippen LogP contribution >= 0.6 is 0 Å². The van der Waals surface area contributed by atoms with Gasteiger partial charge in [0.1, 0.15) is 11.6 Å². The molecule has 2 atom stereocenters. The van der Waals surface area contributed by atoms with E-state index < -0.39 is 0 Å². The van der Waals surface area contributed by atoms with Crippen LogP contribution in [0.3, 0.4) is 0 Å². The van der Waals surface area contributed by atoms with Crippen molar-refractivity contribution >= 4 is 29.3 Å². The number of carbonyl (C=O) groups is 2. The maximum Gasteiger partial charge on any atom is 0.246 e. The standard InChI is InChI=1S/C31H37FN8O2/c1-4-28(41)39-14-13-37(17-23(39)11-12-33)30-25-9-8-22(40-27-15-21(32)7-5-20(27)6-10-29(40)42)16-26(25)34-31(35-30)38-18-24(19-38)36(2)3/h4-5,7,15,22-24H,1,6,8-11,13-14,16-19H2,2-3H3/t22-,23-/m0/s1. The fraction of sp³-hybridized carbons (Fsp3) is 0.516. The van der Waals surface area contributed by atoms with E-state index in [4.69, 9.17) is 9.97 Å². The number of carbonyl (C=O) groups excluding carboxylic acids is 2. The van der Waals surface area contributed by atoms with Crippen molar-refractivity contribution in [1.82, 2.24) is 19.8 Å². The van der Waals surface area contributed by atoms with Gasteiger partial charge in [0.15, 0.2) is 0 Å². The van der Waals surface area contributed by atoms with Gasteiger partial charge in [0.2, 0.25) is 17.8 Å². The molecule has 1 aromatic carbocycles. The third-order valence-corrected chi connectivity index (χ3v) is 9.21. The van der Waals surface area contributed by atoms with E-state index in [2.05, 4.69) is 41.4 Å². The van der Waals surface area contributed by atoms with Gasteiger partial charge in [-0.25, -0.2) is 9.37 Å². The molecule has 2 aromatic rings. The first-order valence-electron chi connectivity index (χ1n) is 14.7. The summed E-state index contributed by atoms with van der Waals surface area (Å²) in [6.07, 6.45) is 4.52. The van der Waals surface area contributed by atoms with Crippen molar-refractivity contribution in [3.05, 3.63) is 53.5 Å². The number of rotatable bonds is 6. The predicted octanol–water partition coefficient (Wildman–Crippen LogP) is 2.32. The largest absolute Gasteiger partial charge is 0.352 e. The molecule has 0 unspecified atom stereocenters. The van der Waals surface area contributed by atoms with Crippen molar-refractivity contribution in [1.29, 1.82) is 5.26 Å². The lowest BCUT2D eigenvalue weighted by atomic mass is 9.88. The number of nitriles is 1.